The van der Waals surface area contributed by atoms with Crippen LogP contribution < -0.4 is 5.73 Å². The highest BCUT2D eigenvalue weighted by atomic mass is 16.5. The van der Waals surface area contributed by atoms with Crippen LogP contribution in [0.1, 0.15) is 56.0 Å². The maximum Gasteiger partial charge on any atom is 0.360 e. The van der Waals surface area contributed by atoms with E-state index in [9.17, 15) is 4.79 Å². The van der Waals surface area contributed by atoms with Crippen LogP contribution in [0.4, 0.5) is 5.82 Å². The fourth-order valence-corrected chi connectivity index (χ4v) is 2.03. The second-order valence-corrected chi connectivity index (χ2v) is 3.95. The van der Waals surface area contributed by atoms with Gasteiger partial charge >= 0.3 is 5.97 Å². The molecule has 0 aliphatic rings. The van der Waals surface area contributed by atoms with Crippen molar-refractivity contribution in [2.75, 3.05) is 12.3 Å². The smallest absolute Gasteiger partial charge is 0.360 e. The van der Waals surface area contributed by atoms with Crippen LogP contribution >= 0.6 is 0 Å². The molecule has 0 fully saturated rings. The number of nitrogen functional groups attached to an aromatic ring is 1. The summed E-state index contributed by atoms with van der Waals surface area (Å²) in [5, 5.41) is 0. The number of anilines is 1. The number of nitrogens with two attached hydrogens (primary N) is 1. The molecule has 0 aliphatic carbocycles. The van der Waals surface area contributed by atoms with Crippen molar-refractivity contribution in [3.05, 3.63) is 11.5 Å². The molecule has 0 bridgehead atoms. The third-order valence-electron chi connectivity index (χ3n) is 2.90. The van der Waals surface area contributed by atoms with E-state index in [1.165, 1.54) is 0 Å². The Morgan fingerprint density at radius 1 is 1.41 bits per heavy atom. The zero-order valence-electron chi connectivity index (χ0n) is 11.0. The van der Waals surface area contributed by atoms with Gasteiger partial charge in [0, 0.05) is 6.04 Å². The minimum atomic E-state index is -0.446. The van der Waals surface area contributed by atoms with Crippen molar-refractivity contribution in [3.8, 4) is 0 Å². The Hall–Kier alpha value is -1.52. The fraction of sp³-hybridized carbons (Fsp3) is 0.667. The fourth-order valence-electron chi connectivity index (χ4n) is 2.03. The van der Waals surface area contributed by atoms with Gasteiger partial charge in [-0.25, -0.2) is 9.78 Å². The number of aromatic nitrogens is 2. The zero-order valence-corrected chi connectivity index (χ0v) is 11.0. The van der Waals surface area contributed by atoms with E-state index in [0.29, 0.717) is 12.4 Å². The van der Waals surface area contributed by atoms with E-state index in [1.54, 1.807) is 6.92 Å². The summed E-state index contributed by atoms with van der Waals surface area (Å²) in [6, 6.07) is 0.283. The van der Waals surface area contributed by atoms with Crippen LogP contribution in [0.25, 0.3) is 0 Å². The van der Waals surface area contributed by atoms with Crippen molar-refractivity contribution in [2.45, 2.75) is 46.6 Å². The molecule has 0 saturated carbocycles. The Balaban J connectivity index is 3.13. The molecule has 1 rings (SSSR count). The van der Waals surface area contributed by atoms with Crippen LogP contribution in [0, 0.1) is 6.92 Å². The van der Waals surface area contributed by atoms with Crippen LogP contribution in [0.15, 0.2) is 0 Å². The number of aryl methyl sites for hydroxylation is 1. The number of imidazole rings is 1. The van der Waals surface area contributed by atoms with Gasteiger partial charge in [0.25, 0.3) is 0 Å². The van der Waals surface area contributed by atoms with E-state index in [2.05, 4.69) is 18.8 Å². The Bertz CT molecular complexity index is 395. The van der Waals surface area contributed by atoms with Crippen LogP contribution in [0.3, 0.4) is 0 Å². The molecule has 96 valence electrons. The molecule has 0 saturated heterocycles. The van der Waals surface area contributed by atoms with E-state index >= 15 is 0 Å². The molecule has 5 nitrogen and oxygen atoms in total. The molecule has 0 atom stereocenters. The molecule has 5 heteroatoms. The minimum Gasteiger partial charge on any atom is -0.461 e. The SMILES string of the molecule is CCOC(=O)c1nc(C)n(C(CC)CC)c1N. The van der Waals surface area contributed by atoms with Gasteiger partial charge in [0.2, 0.25) is 0 Å². The van der Waals surface area contributed by atoms with E-state index in [1.807, 2.05) is 11.5 Å². The normalized spacial score (nSPS) is 10.9. The van der Waals surface area contributed by atoms with E-state index in [-0.39, 0.29) is 11.7 Å². The Morgan fingerprint density at radius 2 is 2.00 bits per heavy atom. The lowest BCUT2D eigenvalue weighted by molar-refractivity contribution is 0.0521. The van der Waals surface area contributed by atoms with Gasteiger partial charge in [0.1, 0.15) is 11.6 Å². The first-order valence-electron chi connectivity index (χ1n) is 6.08. The van der Waals surface area contributed by atoms with Crippen LogP contribution in [0.2, 0.25) is 0 Å². The zero-order chi connectivity index (χ0) is 13.0. The van der Waals surface area contributed by atoms with Crippen molar-refractivity contribution in [3.63, 3.8) is 0 Å². The third kappa shape index (κ3) is 2.60. The average molecular weight is 239 g/mol. The van der Waals surface area contributed by atoms with Crippen molar-refractivity contribution in [1.82, 2.24) is 9.55 Å². The molecule has 0 aromatic carbocycles. The number of hydrogen-bond donors (Lipinski definition) is 1. The summed E-state index contributed by atoms with van der Waals surface area (Å²) in [5.41, 5.74) is 6.22. The lowest BCUT2D eigenvalue weighted by Crippen LogP contribution is -2.13. The second kappa shape index (κ2) is 5.70. The third-order valence-corrected chi connectivity index (χ3v) is 2.90. The summed E-state index contributed by atoms with van der Waals surface area (Å²) in [6.45, 7) is 8.14. The van der Waals surface area contributed by atoms with Gasteiger partial charge < -0.3 is 15.0 Å². The highest BCUT2D eigenvalue weighted by molar-refractivity contribution is 5.92. The molecule has 0 amide bonds. The molecule has 2 N–H and O–H groups in total. The van der Waals surface area contributed by atoms with Gasteiger partial charge in [0.15, 0.2) is 5.69 Å². The first-order valence-corrected chi connectivity index (χ1v) is 6.08. The van der Waals surface area contributed by atoms with Gasteiger partial charge in [-0.3, -0.25) is 0 Å². The Kier molecular flexibility index (Phi) is 4.54. The van der Waals surface area contributed by atoms with E-state index < -0.39 is 5.97 Å². The van der Waals surface area contributed by atoms with Gasteiger partial charge in [-0.05, 0) is 26.7 Å². The van der Waals surface area contributed by atoms with Crippen LogP contribution in [-0.2, 0) is 4.74 Å². The Morgan fingerprint density at radius 3 is 2.47 bits per heavy atom. The number of hydrogen-bond acceptors (Lipinski definition) is 4. The van der Waals surface area contributed by atoms with Gasteiger partial charge in [0.05, 0.1) is 6.61 Å². The summed E-state index contributed by atoms with van der Waals surface area (Å²) >= 11 is 0. The largest absolute Gasteiger partial charge is 0.461 e. The van der Waals surface area contributed by atoms with Crippen molar-refractivity contribution >= 4 is 11.8 Å². The van der Waals surface area contributed by atoms with Crippen molar-refractivity contribution in [2.24, 2.45) is 0 Å². The first-order chi connectivity index (χ1) is 8.06. The summed E-state index contributed by atoms with van der Waals surface area (Å²) in [4.78, 5) is 15.9. The highest BCUT2D eigenvalue weighted by Crippen LogP contribution is 2.25. The lowest BCUT2D eigenvalue weighted by Gasteiger charge is -2.17. The first kappa shape index (κ1) is 13.5. The number of esters is 1. The minimum absolute atomic E-state index is 0.233. The number of ether oxygens (including phenoxy) is 1. The van der Waals surface area contributed by atoms with Gasteiger partial charge in [-0.15, -0.1) is 0 Å². The van der Waals surface area contributed by atoms with Gasteiger partial charge in [-0.1, -0.05) is 13.8 Å². The van der Waals surface area contributed by atoms with Crippen LogP contribution in [-0.4, -0.2) is 22.1 Å². The number of carbonyl (C=O) groups is 1. The predicted molar refractivity (Wildman–Crippen MR) is 67.0 cm³/mol. The molecular formula is C12H21N3O2. The molecule has 0 unspecified atom stereocenters. The second-order valence-electron chi connectivity index (χ2n) is 3.95. The van der Waals surface area contributed by atoms with Gasteiger partial charge in [-0.2, -0.15) is 0 Å². The number of rotatable bonds is 5. The Labute approximate surface area is 102 Å². The summed E-state index contributed by atoms with van der Waals surface area (Å²) < 4.78 is 6.85. The van der Waals surface area contributed by atoms with E-state index in [0.717, 1.165) is 18.7 Å². The number of carbonyl (C=O) groups excluding carboxylic acids is 1. The molecule has 17 heavy (non-hydrogen) atoms. The molecule has 1 aromatic heterocycles. The van der Waals surface area contributed by atoms with Crippen molar-refractivity contribution < 1.29 is 9.53 Å². The lowest BCUT2D eigenvalue weighted by atomic mass is 10.1. The topological polar surface area (TPSA) is 70.1 Å². The quantitative estimate of drug-likeness (QED) is 0.800. The molecular weight excluding hydrogens is 218 g/mol. The summed E-state index contributed by atoms with van der Waals surface area (Å²) in [6.07, 6.45) is 1.92. The monoisotopic (exact) mass is 239 g/mol. The molecule has 0 aliphatic heterocycles. The molecule has 0 spiro atoms. The highest BCUT2D eigenvalue weighted by Gasteiger charge is 2.22. The maximum absolute atomic E-state index is 11.7. The molecule has 1 heterocycles. The number of nitrogens with zero attached hydrogens (tertiary/aromatic N) is 2. The maximum atomic E-state index is 11.7. The standard InChI is InChI=1S/C12H21N3O2/c1-5-9(6-2)15-8(4)14-10(11(15)13)12(16)17-7-3/h9H,5-7,13H2,1-4H3. The van der Waals surface area contributed by atoms with Crippen LogP contribution in [0.5, 0.6) is 0 Å². The molecule has 1 aromatic rings. The summed E-state index contributed by atoms with van der Waals surface area (Å²) in [5.74, 6) is 0.728. The summed E-state index contributed by atoms with van der Waals surface area (Å²) in [7, 11) is 0. The molecule has 0 radical (unpaired) electrons. The van der Waals surface area contributed by atoms with Crippen molar-refractivity contribution in [1.29, 1.82) is 0 Å². The average Bonchev–Trinajstić information content (AvgIpc) is 2.59. The predicted octanol–water partition coefficient (Wildman–Crippen LogP) is 2.31. The van der Waals surface area contributed by atoms with E-state index in [4.69, 9.17) is 10.5 Å².